The minimum Gasteiger partial charge on any atom is -0.361 e. The standard InChI is InChI=1S/C11H14N2O2/c1-4-6-13(7-5-2)11(14)10-8-9(3)15-12-10/h1,8H,5-7H2,2-3H3. The van der Waals surface area contributed by atoms with E-state index in [1.54, 1.807) is 17.9 Å². The van der Waals surface area contributed by atoms with Crippen molar-refractivity contribution in [3.63, 3.8) is 0 Å². The Hall–Kier alpha value is -1.76. The fourth-order valence-corrected chi connectivity index (χ4v) is 1.26. The molecule has 0 aliphatic rings. The molecule has 1 aromatic heterocycles. The van der Waals surface area contributed by atoms with Gasteiger partial charge in [-0.3, -0.25) is 4.79 Å². The monoisotopic (exact) mass is 206 g/mol. The lowest BCUT2D eigenvalue weighted by atomic mass is 10.3. The van der Waals surface area contributed by atoms with E-state index in [-0.39, 0.29) is 5.91 Å². The van der Waals surface area contributed by atoms with Gasteiger partial charge in [0.1, 0.15) is 5.76 Å². The molecule has 0 bridgehead atoms. The summed E-state index contributed by atoms with van der Waals surface area (Å²) in [5, 5.41) is 3.67. The molecular weight excluding hydrogens is 192 g/mol. The van der Waals surface area contributed by atoms with E-state index in [0.29, 0.717) is 24.5 Å². The normalized spacial score (nSPS) is 9.67. The van der Waals surface area contributed by atoms with Crippen molar-refractivity contribution in [1.29, 1.82) is 0 Å². The van der Waals surface area contributed by atoms with E-state index in [0.717, 1.165) is 6.42 Å². The zero-order chi connectivity index (χ0) is 11.3. The van der Waals surface area contributed by atoms with Crippen molar-refractivity contribution < 1.29 is 9.32 Å². The zero-order valence-corrected chi connectivity index (χ0v) is 8.99. The van der Waals surface area contributed by atoms with Crippen molar-refractivity contribution >= 4 is 5.91 Å². The van der Waals surface area contributed by atoms with Crippen molar-refractivity contribution in [2.24, 2.45) is 0 Å². The van der Waals surface area contributed by atoms with Crippen molar-refractivity contribution in [2.75, 3.05) is 13.1 Å². The van der Waals surface area contributed by atoms with Crippen LogP contribution >= 0.6 is 0 Å². The number of hydrogen-bond donors (Lipinski definition) is 0. The molecule has 1 amide bonds. The van der Waals surface area contributed by atoms with Gasteiger partial charge in [-0.25, -0.2) is 0 Å². The van der Waals surface area contributed by atoms with Gasteiger partial charge in [-0.05, 0) is 13.3 Å². The number of terminal acetylenes is 1. The molecule has 1 aromatic rings. The van der Waals surface area contributed by atoms with Crippen molar-refractivity contribution in [3.8, 4) is 12.3 Å². The van der Waals surface area contributed by atoms with Crippen LogP contribution in [0.2, 0.25) is 0 Å². The van der Waals surface area contributed by atoms with E-state index >= 15 is 0 Å². The Morgan fingerprint density at radius 1 is 1.73 bits per heavy atom. The van der Waals surface area contributed by atoms with Gasteiger partial charge in [-0.1, -0.05) is 18.0 Å². The summed E-state index contributed by atoms with van der Waals surface area (Å²) in [5.41, 5.74) is 0.316. The van der Waals surface area contributed by atoms with Gasteiger partial charge in [-0.2, -0.15) is 0 Å². The van der Waals surface area contributed by atoms with Crippen LogP contribution in [0.25, 0.3) is 0 Å². The average Bonchev–Trinajstić information content (AvgIpc) is 2.63. The SMILES string of the molecule is C#CCN(CCC)C(=O)c1cc(C)on1. The molecule has 0 aromatic carbocycles. The topological polar surface area (TPSA) is 46.3 Å². The quantitative estimate of drug-likeness (QED) is 0.701. The van der Waals surface area contributed by atoms with Gasteiger partial charge in [-0.15, -0.1) is 6.42 Å². The van der Waals surface area contributed by atoms with Crippen molar-refractivity contribution in [2.45, 2.75) is 20.3 Å². The number of amides is 1. The summed E-state index contributed by atoms with van der Waals surface area (Å²) in [6.45, 7) is 4.67. The zero-order valence-electron chi connectivity index (χ0n) is 8.99. The van der Waals surface area contributed by atoms with Crippen LogP contribution in [0.5, 0.6) is 0 Å². The van der Waals surface area contributed by atoms with Crippen LogP contribution in [-0.2, 0) is 0 Å². The Kier molecular flexibility index (Phi) is 3.92. The van der Waals surface area contributed by atoms with E-state index in [1.807, 2.05) is 6.92 Å². The number of nitrogens with zero attached hydrogens (tertiary/aromatic N) is 2. The average molecular weight is 206 g/mol. The minimum atomic E-state index is -0.174. The summed E-state index contributed by atoms with van der Waals surface area (Å²) in [6.07, 6.45) is 6.06. The number of carbonyl (C=O) groups is 1. The van der Waals surface area contributed by atoms with Gasteiger partial charge >= 0.3 is 0 Å². The lowest BCUT2D eigenvalue weighted by molar-refractivity contribution is 0.0766. The summed E-state index contributed by atoms with van der Waals surface area (Å²) in [7, 11) is 0. The second-order valence-corrected chi connectivity index (χ2v) is 3.25. The predicted molar refractivity (Wildman–Crippen MR) is 56.3 cm³/mol. The van der Waals surface area contributed by atoms with Crippen molar-refractivity contribution in [3.05, 3.63) is 17.5 Å². The van der Waals surface area contributed by atoms with Crippen LogP contribution in [0.15, 0.2) is 10.6 Å². The Bertz CT molecular complexity index is 376. The van der Waals surface area contributed by atoms with Gasteiger partial charge in [0.05, 0.1) is 6.54 Å². The fourth-order valence-electron chi connectivity index (χ4n) is 1.26. The van der Waals surface area contributed by atoms with E-state index in [4.69, 9.17) is 10.9 Å². The molecule has 1 rings (SSSR count). The molecule has 0 aliphatic heterocycles. The first-order chi connectivity index (χ1) is 7.19. The smallest absolute Gasteiger partial charge is 0.276 e. The number of aromatic nitrogens is 1. The number of carbonyl (C=O) groups excluding carboxylic acids is 1. The second kappa shape index (κ2) is 5.20. The molecule has 0 aliphatic carbocycles. The largest absolute Gasteiger partial charge is 0.361 e. The Balaban J connectivity index is 2.76. The Morgan fingerprint density at radius 2 is 2.47 bits per heavy atom. The third kappa shape index (κ3) is 2.84. The summed E-state index contributed by atoms with van der Waals surface area (Å²) in [6, 6.07) is 1.61. The van der Waals surface area contributed by atoms with Crippen LogP contribution in [-0.4, -0.2) is 29.1 Å². The van der Waals surface area contributed by atoms with E-state index in [2.05, 4.69) is 11.1 Å². The molecule has 0 N–H and O–H groups in total. The Labute approximate surface area is 89.2 Å². The molecule has 0 saturated heterocycles. The van der Waals surface area contributed by atoms with E-state index in [9.17, 15) is 4.79 Å². The Morgan fingerprint density at radius 3 is 2.93 bits per heavy atom. The number of aryl methyl sites for hydroxylation is 1. The molecule has 0 atom stereocenters. The molecule has 4 heteroatoms. The highest BCUT2D eigenvalue weighted by atomic mass is 16.5. The molecule has 0 radical (unpaired) electrons. The first kappa shape index (κ1) is 11.3. The summed E-state index contributed by atoms with van der Waals surface area (Å²) < 4.78 is 4.84. The molecular formula is C11H14N2O2. The molecule has 4 nitrogen and oxygen atoms in total. The molecule has 1 heterocycles. The molecule has 0 unspecified atom stereocenters. The first-order valence-corrected chi connectivity index (χ1v) is 4.85. The van der Waals surface area contributed by atoms with E-state index < -0.39 is 0 Å². The lowest BCUT2D eigenvalue weighted by Crippen LogP contribution is -2.32. The molecule has 15 heavy (non-hydrogen) atoms. The van der Waals surface area contributed by atoms with Gasteiger partial charge in [0, 0.05) is 12.6 Å². The highest BCUT2D eigenvalue weighted by Crippen LogP contribution is 2.06. The van der Waals surface area contributed by atoms with Gasteiger partial charge in [0.2, 0.25) is 0 Å². The van der Waals surface area contributed by atoms with Crippen LogP contribution in [0.4, 0.5) is 0 Å². The molecule has 0 spiro atoms. The maximum atomic E-state index is 11.8. The fraction of sp³-hybridized carbons (Fsp3) is 0.455. The summed E-state index contributed by atoms with van der Waals surface area (Å²) >= 11 is 0. The first-order valence-electron chi connectivity index (χ1n) is 4.85. The third-order valence-corrected chi connectivity index (χ3v) is 1.91. The highest BCUT2D eigenvalue weighted by Gasteiger charge is 2.17. The predicted octanol–water partition coefficient (Wildman–Crippen LogP) is 1.47. The molecule has 80 valence electrons. The summed E-state index contributed by atoms with van der Waals surface area (Å²) in [5.74, 6) is 2.90. The maximum Gasteiger partial charge on any atom is 0.276 e. The molecule has 0 fully saturated rings. The van der Waals surface area contributed by atoms with Crippen LogP contribution in [0.3, 0.4) is 0 Å². The van der Waals surface area contributed by atoms with Crippen LogP contribution in [0.1, 0.15) is 29.6 Å². The summed E-state index contributed by atoms with van der Waals surface area (Å²) in [4.78, 5) is 13.4. The minimum absolute atomic E-state index is 0.174. The third-order valence-electron chi connectivity index (χ3n) is 1.91. The number of rotatable bonds is 4. The molecule has 0 saturated carbocycles. The van der Waals surface area contributed by atoms with Gasteiger partial charge in [0.15, 0.2) is 5.69 Å². The van der Waals surface area contributed by atoms with Crippen LogP contribution in [0, 0.1) is 19.3 Å². The maximum absolute atomic E-state index is 11.8. The van der Waals surface area contributed by atoms with Crippen LogP contribution < -0.4 is 0 Å². The van der Waals surface area contributed by atoms with Gasteiger partial charge in [0.25, 0.3) is 5.91 Å². The van der Waals surface area contributed by atoms with Gasteiger partial charge < -0.3 is 9.42 Å². The van der Waals surface area contributed by atoms with Crippen molar-refractivity contribution in [1.82, 2.24) is 10.1 Å². The number of hydrogen-bond acceptors (Lipinski definition) is 3. The highest BCUT2D eigenvalue weighted by molar-refractivity contribution is 5.92. The second-order valence-electron chi connectivity index (χ2n) is 3.25. The lowest BCUT2D eigenvalue weighted by Gasteiger charge is -2.17. The van der Waals surface area contributed by atoms with E-state index in [1.165, 1.54) is 0 Å².